The summed E-state index contributed by atoms with van der Waals surface area (Å²) in [5.41, 5.74) is 12.0. The first-order valence-corrected chi connectivity index (χ1v) is 7.13. The summed E-state index contributed by atoms with van der Waals surface area (Å²) in [7, 11) is 2.16. The molecule has 0 fully saturated rings. The molecule has 106 valence electrons. The second kappa shape index (κ2) is 6.58. The van der Waals surface area contributed by atoms with Crippen LogP contribution in [0.5, 0.6) is 0 Å². The Bertz CT molecular complexity index is 558. The summed E-state index contributed by atoms with van der Waals surface area (Å²) in [6.45, 7) is 6.36. The van der Waals surface area contributed by atoms with Crippen LogP contribution in [-0.4, -0.2) is 18.5 Å². The van der Waals surface area contributed by atoms with Crippen LogP contribution in [0.2, 0.25) is 0 Å². The van der Waals surface area contributed by atoms with E-state index in [0.29, 0.717) is 0 Å². The summed E-state index contributed by atoms with van der Waals surface area (Å²) in [6, 6.07) is 14.9. The third-order valence-corrected chi connectivity index (χ3v) is 3.79. The molecular weight excluding hydrogens is 244 g/mol. The van der Waals surface area contributed by atoms with Crippen LogP contribution in [0.15, 0.2) is 42.5 Å². The highest BCUT2D eigenvalue weighted by molar-refractivity contribution is 5.39. The average molecular weight is 268 g/mol. The van der Waals surface area contributed by atoms with E-state index in [-0.39, 0.29) is 0 Å². The highest BCUT2D eigenvalue weighted by Gasteiger charge is 2.02. The maximum Gasteiger partial charge on any atom is 0.0314 e. The minimum absolute atomic E-state index is 0.825. The van der Waals surface area contributed by atoms with Gasteiger partial charge in [-0.1, -0.05) is 30.3 Å². The lowest BCUT2D eigenvalue weighted by molar-refractivity contribution is 0.331. The number of hydrogen-bond acceptors (Lipinski definition) is 2. The molecule has 0 aliphatic rings. The molecule has 0 saturated carbocycles. The van der Waals surface area contributed by atoms with Gasteiger partial charge in [0.15, 0.2) is 0 Å². The van der Waals surface area contributed by atoms with Crippen LogP contribution in [0.1, 0.15) is 22.3 Å². The van der Waals surface area contributed by atoms with Crippen molar-refractivity contribution in [2.75, 3.05) is 19.3 Å². The molecule has 2 aromatic rings. The molecule has 20 heavy (non-hydrogen) atoms. The maximum atomic E-state index is 5.70. The summed E-state index contributed by atoms with van der Waals surface area (Å²) in [5.74, 6) is 0. The number of benzene rings is 2. The minimum atomic E-state index is 0.825. The lowest BCUT2D eigenvalue weighted by Crippen LogP contribution is -2.20. The molecule has 0 bridgehead atoms. The van der Waals surface area contributed by atoms with Crippen molar-refractivity contribution in [3.8, 4) is 0 Å². The zero-order chi connectivity index (χ0) is 14.5. The molecule has 0 radical (unpaired) electrons. The van der Waals surface area contributed by atoms with Gasteiger partial charge in [-0.3, -0.25) is 0 Å². The highest BCUT2D eigenvalue weighted by Crippen LogP contribution is 2.12. The third kappa shape index (κ3) is 4.10. The van der Waals surface area contributed by atoms with E-state index in [9.17, 15) is 0 Å². The number of aryl methyl sites for hydroxylation is 2. The SMILES string of the molecule is Cc1ccc(CCN(C)Cc2ccc(N)cc2)cc1C. The molecule has 2 heteroatoms. The molecule has 2 nitrogen and oxygen atoms in total. The van der Waals surface area contributed by atoms with E-state index in [1.54, 1.807) is 0 Å². The Morgan fingerprint density at radius 2 is 1.55 bits per heavy atom. The Morgan fingerprint density at radius 1 is 0.900 bits per heavy atom. The number of rotatable bonds is 5. The molecule has 2 aromatic carbocycles. The fourth-order valence-electron chi connectivity index (χ4n) is 2.29. The van der Waals surface area contributed by atoms with Gasteiger partial charge in [0.1, 0.15) is 0 Å². The Kier molecular flexibility index (Phi) is 4.80. The normalized spacial score (nSPS) is 11.0. The third-order valence-electron chi connectivity index (χ3n) is 3.79. The predicted molar refractivity (Wildman–Crippen MR) is 86.8 cm³/mol. The average Bonchev–Trinajstić information content (AvgIpc) is 2.43. The number of anilines is 1. The zero-order valence-electron chi connectivity index (χ0n) is 12.7. The number of likely N-dealkylation sites (N-methyl/N-ethyl adjacent to an activating group) is 1. The highest BCUT2D eigenvalue weighted by atomic mass is 15.1. The van der Waals surface area contributed by atoms with Crippen LogP contribution in [0.3, 0.4) is 0 Å². The fraction of sp³-hybridized carbons (Fsp3) is 0.333. The molecule has 0 saturated heterocycles. The van der Waals surface area contributed by atoms with Gasteiger partial charge in [0, 0.05) is 18.8 Å². The topological polar surface area (TPSA) is 29.3 Å². The molecule has 2 N–H and O–H groups in total. The van der Waals surface area contributed by atoms with Crippen molar-refractivity contribution in [2.24, 2.45) is 0 Å². The summed E-state index contributed by atoms with van der Waals surface area (Å²) in [5, 5.41) is 0. The summed E-state index contributed by atoms with van der Waals surface area (Å²) in [4.78, 5) is 2.35. The molecule has 0 unspecified atom stereocenters. The Morgan fingerprint density at radius 3 is 2.20 bits per heavy atom. The van der Waals surface area contributed by atoms with Gasteiger partial charge in [-0.25, -0.2) is 0 Å². The quantitative estimate of drug-likeness (QED) is 0.840. The first kappa shape index (κ1) is 14.6. The minimum Gasteiger partial charge on any atom is -0.399 e. The zero-order valence-corrected chi connectivity index (χ0v) is 12.7. The Hall–Kier alpha value is -1.80. The van der Waals surface area contributed by atoms with Crippen molar-refractivity contribution in [1.82, 2.24) is 4.90 Å². The van der Waals surface area contributed by atoms with Crippen LogP contribution >= 0.6 is 0 Å². The smallest absolute Gasteiger partial charge is 0.0314 e. The van der Waals surface area contributed by atoms with Gasteiger partial charge in [-0.2, -0.15) is 0 Å². The number of nitrogens with two attached hydrogens (primary N) is 1. The van der Waals surface area contributed by atoms with Crippen LogP contribution in [0.25, 0.3) is 0 Å². The molecule has 2 rings (SSSR count). The largest absolute Gasteiger partial charge is 0.399 e. The number of nitrogen functional groups attached to an aromatic ring is 1. The summed E-state index contributed by atoms with van der Waals surface area (Å²) < 4.78 is 0. The molecule has 0 amide bonds. The number of nitrogens with zero attached hydrogens (tertiary/aromatic N) is 1. The van der Waals surface area contributed by atoms with Crippen molar-refractivity contribution in [3.05, 3.63) is 64.7 Å². The molecular formula is C18H24N2. The van der Waals surface area contributed by atoms with Crippen LogP contribution < -0.4 is 5.73 Å². The van der Waals surface area contributed by atoms with Crippen molar-refractivity contribution in [2.45, 2.75) is 26.8 Å². The van der Waals surface area contributed by atoms with Gasteiger partial charge in [0.05, 0.1) is 0 Å². The Labute approximate surface area is 122 Å². The molecule has 0 heterocycles. The first-order valence-electron chi connectivity index (χ1n) is 7.13. The van der Waals surface area contributed by atoms with Crippen molar-refractivity contribution >= 4 is 5.69 Å². The molecule has 0 aliphatic carbocycles. The predicted octanol–water partition coefficient (Wildman–Crippen LogP) is 3.56. The van der Waals surface area contributed by atoms with Crippen molar-refractivity contribution < 1.29 is 0 Å². The van der Waals surface area contributed by atoms with Crippen LogP contribution in [0.4, 0.5) is 5.69 Å². The van der Waals surface area contributed by atoms with Gasteiger partial charge in [0.2, 0.25) is 0 Å². The van der Waals surface area contributed by atoms with Crippen LogP contribution in [0, 0.1) is 13.8 Å². The van der Waals surface area contributed by atoms with Crippen LogP contribution in [-0.2, 0) is 13.0 Å². The van der Waals surface area contributed by atoms with Crippen molar-refractivity contribution in [3.63, 3.8) is 0 Å². The second-order valence-electron chi connectivity index (χ2n) is 5.65. The van der Waals surface area contributed by atoms with E-state index in [2.05, 4.69) is 56.1 Å². The van der Waals surface area contributed by atoms with Gasteiger partial charge in [-0.15, -0.1) is 0 Å². The molecule has 0 aliphatic heterocycles. The van der Waals surface area contributed by atoms with E-state index >= 15 is 0 Å². The van der Waals surface area contributed by atoms with E-state index < -0.39 is 0 Å². The van der Waals surface area contributed by atoms with Gasteiger partial charge < -0.3 is 10.6 Å². The van der Waals surface area contributed by atoms with E-state index in [1.165, 1.54) is 22.3 Å². The van der Waals surface area contributed by atoms with E-state index in [1.807, 2.05) is 12.1 Å². The summed E-state index contributed by atoms with van der Waals surface area (Å²) >= 11 is 0. The number of hydrogen-bond donors (Lipinski definition) is 1. The standard InChI is InChI=1S/C18H24N2/c1-14-4-5-16(12-15(14)2)10-11-20(3)13-17-6-8-18(19)9-7-17/h4-9,12H,10-11,13,19H2,1-3H3. The fourth-order valence-corrected chi connectivity index (χ4v) is 2.29. The Balaban J connectivity index is 1.86. The maximum absolute atomic E-state index is 5.70. The van der Waals surface area contributed by atoms with E-state index in [0.717, 1.165) is 25.2 Å². The van der Waals surface area contributed by atoms with Gasteiger partial charge in [-0.05, 0) is 61.7 Å². The molecule has 0 atom stereocenters. The lowest BCUT2D eigenvalue weighted by Gasteiger charge is -2.17. The van der Waals surface area contributed by atoms with E-state index in [4.69, 9.17) is 5.73 Å². The second-order valence-corrected chi connectivity index (χ2v) is 5.65. The molecule has 0 spiro atoms. The monoisotopic (exact) mass is 268 g/mol. The van der Waals surface area contributed by atoms with Gasteiger partial charge in [0.25, 0.3) is 0 Å². The summed E-state index contributed by atoms with van der Waals surface area (Å²) in [6.07, 6.45) is 1.09. The molecule has 0 aromatic heterocycles. The lowest BCUT2D eigenvalue weighted by atomic mass is 10.0. The first-order chi connectivity index (χ1) is 9.54. The van der Waals surface area contributed by atoms with Crippen molar-refractivity contribution in [1.29, 1.82) is 0 Å². The van der Waals surface area contributed by atoms with Gasteiger partial charge >= 0.3 is 0 Å².